The Kier molecular flexibility index (Phi) is 4.41. The Balaban J connectivity index is 1.90. The van der Waals surface area contributed by atoms with Gasteiger partial charge >= 0.3 is 0 Å². The highest BCUT2D eigenvalue weighted by Crippen LogP contribution is 2.44. The fourth-order valence-corrected chi connectivity index (χ4v) is 4.02. The van der Waals surface area contributed by atoms with Gasteiger partial charge in [0, 0.05) is 25.1 Å². The summed E-state index contributed by atoms with van der Waals surface area (Å²) in [5.41, 5.74) is 2.49. The van der Waals surface area contributed by atoms with Gasteiger partial charge < -0.3 is 14.9 Å². The van der Waals surface area contributed by atoms with Crippen LogP contribution in [0.4, 0.5) is 0 Å². The van der Waals surface area contributed by atoms with Crippen molar-refractivity contribution in [3.8, 4) is 11.5 Å². The molecule has 2 aliphatic rings. The van der Waals surface area contributed by atoms with Gasteiger partial charge in [0.15, 0.2) is 11.5 Å². The van der Waals surface area contributed by atoms with Crippen molar-refractivity contribution in [3.05, 3.63) is 35.9 Å². The van der Waals surface area contributed by atoms with Crippen LogP contribution in [-0.2, 0) is 6.42 Å². The zero-order valence-corrected chi connectivity index (χ0v) is 13.2. The Morgan fingerprint density at radius 1 is 1.45 bits per heavy atom. The van der Waals surface area contributed by atoms with E-state index in [2.05, 4.69) is 11.5 Å². The van der Waals surface area contributed by atoms with Gasteiger partial charge in [-0.05, 0) is 55.0 Å². The number of rotatable bonds is 4. The van der Waals surface area contributed by atoms with E-state index < -0.39 is 0 Å². The number of aliphatic hydroxyl groups is 1. The molecule has 0 radical (unpaired) electrons. The molecule has 4 nitrogen and oxygen atoms in total. The highest BCUT2D eigenvalue weighted by molar-refractivity contribution is 5.48. The van der Waals surface area contributed by atoms with E-state index in [1.807, 2.05) is 18.2 Å². The van der Waals surface area contributed by atoms with Gasteiger partial charge in [0.05, 0.1) is 7.11 Å². The molecular formula is C18H25NO3. The summed E-state index contributed by atoms with van der Waals surface area (Å²) in [6.07, 6.45) is 4.99. The monoisotopic (exact) mass is 303 g/mol. The molecule has 1 saturated heterocycles. The number of aliphatic hydroxyl groups excluding tert-OH is 1. The van der Waals surface area contributed by atoms with E-state index in [1.54, 1.807) is 7.11 Å². The lowest BCUT2D eigenvalue weighted by Gasteiger charge is -2.45. The third-order valence-electron chi connectivity index (χ3n) is 5.34. The zero-order chi connectivity index (χ0) is 15.7. The molecule has 1 aromatic rings. The van der Waals surface area contributed by atoms with Crippen molar-refractivity contribution in [1.29, 1.82) is 0 Å². The van der Waals surface area contributed by atoms with Crippen LogP contribution >= 0.6 is 0 Å². The molecular weight excluding hydrogens is 278 g/mol. The van der Waals surface area contributed by atoms with Crippen LogP contribution in [0.3, 0.4) is 0 Å². The van der Waals surface area contributed by atoms with Crippen molar-refractivity contribution in [3.63, 3.8) is 0 Å². The number of ether oxygens (including phenoxy) is 1. The number of nitrogens with zero attached hydrogens (tertiary/aromatic N) is 1. The minimum Gasteiger partial charge on any atom is -0.504 e. The smallest absolute Gasteiger partial charge is 0.160 e. The fourth-order valence-electron chi connectivity index (χ4n) is 4.02. The lowest BCUT2D eigenvalue weighted by molar-refractivity contribution is 0.0718. The van der Waals surface area contributed by atoms with Gasteiger partial charge in [-0.15, -0.1) is 6.58 Å². The molecule has 0 saturated carbocycles. The SMILES string of the molecule is C=C[C@H](CO)[C@H]1CCN2CCc3cc(OC)c(O)cc3[C@@H]2C1. The molecule has 0 bridgehead atoms. The molecule has 0 aromatic heterocycles. The summed E-state index contributed by atoms with van der Waals surface area (Å²) in [4.78, 5) is 2.50. The van der Waals surface area contributed by atoms with Gasteiger partial charge in [-0.3, -0.25) is 4.90 Å². The van der Waals surface area contributed by atoms with Crippen LogP contribution in [0.15, 0.2) is 24.8 Å². The third-order valence-corrected chi connectivity index (χ3v) is 5.34. The molecule has 0 aliphatic carbocycles. The lowest BCUT2D eigenvalue weighted by atomic mass is 9.77. The lowest BCUT2D eigenvalue weighted by Crippen LogP contribution is -2.43. The third kappa shape index (κ3) is 2.61. The first-order valence-corrected chi connectivity index (χ1v) is 8.05. The normalized spacial score (nSPS) is 25.9. The minimum atomic E-state index is 0.166. The van der Waals surface area contributed by atoms with Crippen molar-refractivity contribution in [2.75, 3.05) is 26.8 Å². The molecule has 2 aliphatic heterocycles. The maximum absolute atomic E-state index is 10.1. The Labute approximate surface area is 132 Å². The molecule has 4 heteroatoms. The first-order chi connectivity index (χ1) is 10.7. The van der Waals surface area contributed by atoms with Crippen molar-refractivity contribution in [2.45, 2.75) is 25.3 Å². The van der Waals surface area contributed by atoms with Crippen LogP contribution in [0.25, 0.3) is 0 Å². The minimum absolute atomic E-state index is 0.166. The van der Waals surface area contributed by atoms with Crippen LogP contribution in [0.5, 0.6) is 11.5 Å². The number of fused-ring (bicyclic) bond motifs is 3. The van der Waals surface area contributed by atoms with E-state index in [4.69, 9.17) is 4.74 Å². The molecule has 3 rings (SSSR count). The Hall–Kier alpha value is -1.52. The second-order valence-electron chi connectivity index (χ2n) is 6.39. The molecule has 2 heterocycles. The first-order valence-electron chi connectivity index (χ1n) is 8.05. The van der Waals surface area contributed by atoms with Gasteiger partial charge in [-0.1, -0.05) is 6.08 Å². The molecule has 1 aromatic carbocycles. The number of phenols is 1. The van der Waals surface area contributed by atoms with E-state index in [0.29, 0.717) is 17.7 Å². The summed E-state index contributed by atoms with van der Waals surface area (Å²) in [5.74, 6) is 1.39. The highest BCUT2D eigenvalue weighted by atomic mass is 16.5. The van der Waals surface area contributed by atoms with Crippen molar-refractivity contribution < 1.29 is 14.9 Å². The topological polar surface area (TPSA) is 52.9 Å². The van der Waals surface area contributed by atoms with Crippen LogP contribution in [0.1, 0.15) is 30.0 Å². The molecule has 0 spiro atoms. The second-order valence-corrected chi connectivity index (χ2v) is 6.39. The van der Waals surface area contributed by atoms with E-state index in [9.17, 15) is 10.2 Å². The second kappa shape index (κ2) is 6.31. The first kappa shape index (κ1) is 15.4. The predicted octanol–water partition coefficient (Wildman–Crippen LogP) is 2.50. The Morgan fingerprint density at radius 2 is 2.27 bits per heavy atom. The number of hydrogen-bond acceptors (Lipinski definition) is 4. The molecule has 0 unspecified atom stereocenters. The maximum atomic E-state index is 10.1. The van der Waals surface area contributed by atoms with E-state index >= 15 is 0 Å². The molecule has 1 fully saturated rings. The molecule has 22 heavy (non-hydrogen) atoms. The molecule has 2 N–H and O–H groups in total. The van der Waals surface area contributed by atoms with Crippen LogP contribution in [0, 0.1) is 11.8 Å². The summed E-state index contributed by atoms with van der Waals surface area (Å²) in [6.45, 7) is 6.13. The van der Waals surface area contributed by atoms with Gasteiger partial charge in [0.25, 0.3) is 0 Å². The standard InChI is InChI=1S/C18H25NO3/c1-3-12(11-20)13-4-6-19-7-5-14-9-18(22-2)17(21)10-15(14)16(19)8-13/h3,9-10,12-13,16,20-21H,1,4-8,11H2,2H3/t12-,13+,16+/m1/s1. The predicted molar refractivity (Wildman–Crippen MR) is 86.2 cm³/mol. The van der Waals surface area contributed by atoms with E-state index in [1.165, 1.54) is 11.1 Å². The maximum Gasteiger partial charge on any atom is 0.160 e. The fraction of sp³-hybridized carbons (Fsp3) is 0.556. The summed E-state index contributed by atoms with van der Waals surface area (Å²) in [5, 5.41) is 19.7. The summed E-state index contributed by atoms with van der Waals surface area (Å²) in [6, 6.07) is 4.17. The van der Waals surface area contributed by atoms with Crippen molar-refractivity contribution >= 4 is 0 Å². The van der Waals surface area contributed by atoms with Crippen LogP contribution < -0.4 is 4.74 Å². The average molecular weight is 303 g/mol. The number of aromatic hydroxyl groups is 1. The number of piperidine rings is 1. The average Bonchev–Trinajstić information content (AvgIpc) is 2.55. The summed E-state index contributed by atoms with van der Waals surface area (Å²) < 4.78 is 5.23. The summed E-state index contributed by atoms with van der Waals surface area (Å²) >= 11 is 0. The molecule has 0 amide bonds. The van der Waals surface area contributed by atoms with Gasteiger partial charge in [-0.25, -0.2) is 0 Å². The van der Waals surface area contributed by atoms with Crippen LogP contribution in [-0.4, -0.2) is 41.9 Å². The Morgan fingerprint density at radius 3 is 2.95 bits per heavy atom. The number of methoxy groups -OCH3 is 1. The zero-order valence-electron chi connectivity index (χ0n) is 13.2. The van der Waals surface area contributed by atoms with E-state index in [-0.39, 0.29) is 18.3 Å². The number of hydrogen-bond donors (Lipinski definition) is 2. The quantitative estimate of drug-likeness (QED) is 0.839. The van der Waals surface area contributed by atoms with Gasteiger partial charge in [0.1, 0.15) is 0 Å². The van der Waals surface area contributed by atoms with Crippen molar-refractivity contribution in [2.24, 2.45) is 11.8 Å². The number of benzene rings is 1. The highest BCUT2D eigenvalue weighted by Gasteiger charge is 2.36. The summed E-state index contributed by atoms with van der Waals surface area (Å²) in [7, 11) is 1.59. The number of phenolic OH excluding ortho intramolecular Hbond substituents is 1. The molecule has 120 valence electrons. The van der Waals surface area contributed by atoms with Gasteiger partial charge in [0.2, 0.25) is 0 Å². The van der Waals surface area contributed by atoms with Crippen molar-refractivity contribution in [1.82, 2.24) is 4.90 Å². The largest absolute Gasteiger partial charge is 0.504 e. The van der Waals surface area contributed by atoms with Gasteiger partial charge in [-0.2, -0.15) is 0 Å². The Bertz CT molecular complexity index is 558. The molecule has 3 atom stereocenters. The van der Waals surface area contributed by atoms with Crippen LogP contribution in [0.2, 0.25) is 0 Å². The van der Waals surface area contributed by atoms with E-state index in [0.717, 1.165) is 32.4 Å².